The second kappa shape index (κ2) is 3.01. The smallest absolute Gasteiger partial charge is 0.251 e. The average molecular weight is 143 g/mol. The first-order valence-corrected chi connectivity index (χ1v) is 3.72. The van der Waals surface area contributed by atoms with Crippen molar-refractivity contribution in [3.63, 3.8) is 0 Å². The van der Waals surface area contributed by atoms with Crippen molar-refractivity contribution in [3.05, 3.63) is 0 Å². The van der Waals surface area contributed by atoms with E-state index < -0.39 is 6.10 Å². The Bertz CT molecular complexity index is 134. The molecule has 0 aromatic rings. The zero-order valence-electron chi connectivity index (χ0n) is 6.21. The number of hydrogen-bond donors (Lipinski definition) is 1. The van der Waals surface area contributed by atoms with Gasteiger partial charge < -0.3 is 10.0 Å². The van der Waals surface area contributed by atoms with Crippen molar-refractivity contribution in [3.8, 4) is 0 Å². The second-order valence-corrected chi connectivity index (χ2v) is 2.63. The Balaban J connectivity index is 2.41. The van der Waals surface area contributed by atoms with Crippen LogP contribution >= 0.6 is 0 Å². The Morgan fingerprint density at radius 2 is 2.50 bits per heavy atom. The van der Waals surface area contributed by atoms with Crippen LogP contribution in [0.1, 0.15) is 19.8 Å². The molecule has 0 aromatic carbocycles. The van der Waals surface area contributed by atoms with E-state index in [2.05, 4.69) is 0 Å². The summed E-state index contributed by atoms with van der Waals surface area (Å²) in [6.07, 6.45) is 0.864. The van der Waals surface area contributed by atoms with Crippen molar-refractivity contribution in [1.29, 1.82) is 0 Å². The maximum absolute atomic E-state index is 11.0. The number of hydrogen-bond acceptors (Lipinski definition) is 2. The lowest BCUT2D eigenvalue weighted by atomic mass is 10.3. The van der Waals surface area contributed by atoms with E-state index in [9.17, 15) is 4.79 Å². The van der Waals surface area contributed by atoms with E-state index in [1.165, 1.54) is 0 Å². The molecule has 1 unspecified atom stereocenters. The monoisotopic (exact) mass is 143 g/mol. The Labute approximate surface area is 60.6 Å². The average Bonchev–Trinajstić information content (AvgIpc) is 2.20. The van der Waals surface area contributed by atoms with Crippen LogP contribution in [0.15, 0.2) is 0 Å². The molecule has 1 aliphatic rings. The number of nitrogens with zero attached hydrogens (tertiary/aromatic N) is 1. The van der Waals surface area contributed by atoms with E-state index in [1.54, 1.807) is 4.90 Å². The Kier molecular flexibility index (Phi) is 2.27. The lowest BCUT2D eigenvalue weighted by Crippen LogP contribution is -2.29. The van der Waals surface area contributed by atoms with Gasteiger partial charge in [-0.2, -0.15) is 0 Å². The predicted octanol–water partition coefficient (Wildman–Crippen LogP) is -0.0104. The van der Waals surface area contributed by atoms with Gasteiger partial charge >= 0.3 is 0 Å². The lowest BCUT2D eigenvalue weighted by Gasteiger charge is -2.13. The van der Waals surface area contributed by atoms with Crippen molar-refractivity contribution in [2.75, 3.05) is 13.1 Å². The van der Waals surface area contributed by atoms with Crippen molar-refractivity contribution in [1.82, 2.24) is 4.90 Å². The third-order valence-electron chi connectivity index (χ3n) is 1.76. The molecular weight excluding hydrogens is 130 g/mol. The van der Waals surface area contributed by atoms with Gasteiger partial charge in [-0.05, 0) is 12.8 Å². The van der Waals surface area contributed by atoms with E-state index in [0.717, 1.165) is 19.5 Å². The van der Waals surface area contributed by atoms with Gasteiger partial charge in [-0.3, -0.25) is 4.79 Å². The molecule has 1 fully saturated rings. The van der Waals surface area contributed by atoms with Gasteiger partial charge in [0, 0.05) is 13.1 Å². The molecular formula is C7H13NO2. The molecule has 10 heavy (non-hydrogen) atoms. The first-order valence-electron chi connectivity index (χ1n) is 3.72. The van der Waals surface area contributed by atoms with Crippen LogP contribution in [0.25, 0.3) is 0 Å². The van der Waals surface area contributed by atoms with Crippen LogP contribution in [0.4, 0.5) is 0 Å². The van der Waals surface area contributed by atoms with Crippen LogP contribution in [0.5, 0.6) is 0 Å². The van der Waals surface area contributed by atoms with Gasteiger partial charge in [0.25, 0.3) is 5.91 Å². The molecule has 1 N–H and O–H groups in total. The van der Waals surface area contributed by atoms with Gasteiger partial charge in [0.1, 0.15) is 6.10 Å². The molecule has 58 valence electrons. The van der Waals surface area contributed by atoms with Gasteiger partial charge in [0.05, 0.1) is 0 Å². The summed E-state index contributed by atoms with van der Waals surface area (Å²) in [6, 6.07) is 0. The highest BCUT2D eigenvalue weighted by atomic mass is 16.3. The summed E-state index contributed by atoms with van der Waals surface area (Å²) in [5.74, 6) is -0.0955. The van der Waals surface area contributed by atoms with E-state index in [0.29, 0.717) is 6.42 Å². The molecule has 1 heterocycles. The normalized spacial score (nSPS) is 26.0. The third-order valence-corrected chi connectivity index (χ3v) is 1.76. The molecule has 1 amide bonds. The van der Waals surface area contributed by atoms with Crippen LogP contribution in [0.3, 0.4) is 0 Å². The van der Waals surface area contributed by atoms with Crippen molar-refractivity contribution < 1.29 is 9.90 Å². The molecule has 3 heteroatoms. The fourth-order valence-electron chi connectivity index (χ4n) is 1.21. The number of aliphatic hydroxyl groups excluding tert-OH is 1. The van der Waals surface area contributed by atoms with Gasteiger partial charge in [-0.1, -0.05) is 6.92 Å². The number of carbonyl (C=O) groups excluding carboxylic acids is 1. The van der Waals surface area contributed by atoms with Crippen molar-refractivity contribution >= 4 is 5.91 Å². The van der Waals surface area contributed by atoms with Crippen LogP contribution < -0.4 is 0 Å². The zero-order valence-corrected chi connectivity index (χ0v) is 6.21. The summed E-state index contributed by atoms with van der Waals surface area (Å²) >= 11 is 0. The zero-order chi connectivity index (χ0) is 7.56. The Hall–Kier alpha value is -0.570. The van der Waals surface area contributed by atoms with E-state index in [4.69, 9.17) is 5.11 Å². The van der Waals surface area contributed by atoms with E-state index >= 15 is 0 Å². The summed E-state index contributed by atoms with van der Waals surface area (Å²) in [5, 5.41) is 9.00. The number of likely N-dealkylation sites (tertiary alicyclic amines) is 1. The maximum Gasteiger partial charge on any atom is 0.251 e. The summed E-state index contributed by atoms with van der Waals surface area (Å²) in [4.78, 5) is 12.7. The molecule has 3 nitrogen and oxygen atoms in total. The largest absolute Gasteiger partial charge is 0.383 e. The molecule has 0 radical (unpaired) electrons. The quantitative estimate of drug-likeness (QED) is 0.590. The van der Waals surface area contributed by atoms with E-state index in [1.807, 2.05) is 6.92 Å². The summed E-state index contributed by atoms with van der Waals surface area (Å²) in [5.41, 5.74) is 0. The van der Waals surface area contributed by atoms with E-state index in [-0.39, 0.29) is 5.91 Å². The molecule has 0 aromatic heterocycles. The summed E-state index contributed by atoms with van der Waals surface area (Å²) in [7, 11) is 0. The summed E-state index contributed by atoms with van der Waals surface area (Å²) in [6.45, 7) is 3.54. The fraction of sp³-hybridized carbons (Fsp3) is 0.857. The van der Waals surface area contributed by atoms with Crippen LogP contribution in [-0.2, 0) is 4.79 Å². The van der Waals surface area contributed by atoms with Crippen LogP contribution in [0, 0.1) is 0 Å². The molecule has 1 atom stereocenters. The predicted molar refractivity (Wildman–Crippen MR) is 37.5 cm³/mol. The highest BCUT2D eigenvalue weighted by Crippen LogP contribution is 2.10. The summed E-state index contributed by atoms with van der Waals surface area (Å²) < 4.78 is 0. The van der Waals surface area contributed by atoms with Gasteiger partial charge in [-0.15, -0.1) is 0 Å². The minimum atomic E-state index is -0.716. The molecule has 0 saturated carbocycles. The van der Waals surface area contributed by atoms with Gasteiger partial charge in [0.15, 0.2) is 0 Å². The molecule has 1 aliphatic heterocycles. The van der Waals surface area contributed by atoms with Crippen LogP contribution in [-0.4, -0.2) is 35.1 Å². The minimum absolute atomic E-state index is 0.0955. The fourth-order valence-corrected chi connectivity index (χ4v) is 1.21. The first kappa shape index (κ1) is 7.54. The highest BCUT2D eigenvalue weighted by molar-refractivity contribution is 5.82. The molecule has 0 spiro atoms. The number of carbonyl (C=O) groups is 1. The van der Waals surface area contributed by atoms with Gasteiger partial charge in [-0.25, -0.2) is 0 Å². The third kappa shape index (κ3) is 1.29. The lowest BCUT2D eigenvalue weighted by molar-refractivity contribution is -0.134. The topological polar surface area (TPSA) is 40.5 Å². The molecule has 1 rings (SSSR count). The van der Waals surface area contributed by atoms with Crippen LogP contribution in [0.2, 0.25) is 0 Å². The Morgan fingerprint density at radius 3 is 2.90 bits per heavy atom. The number of amides is 1. The first-order chi connectivity index (χ1) is 4.75. The molecule has 0 aliphatic carbocycles. The molecule has 0 bridgehead atoms. The Morgan fingerprint density at radius 1 is 1.80 bits per heavy atom. The second-order valence-electron chi connectivity index (χ2n) is 2.63. The molecule has 1 saturated heterocycles. The standard InChI is InChI=1S/C7H13NO2/c1-2-4-8-5-3-6(9)7(8)10/h6,9H,2-5H2,1H3. The van der Waals surface area contributed by atoms with Crippen molar-refractivity contribution in [2.24, 2.45) is 0 Å². The number of rotatable bonds is 2. The maximum atomic E-state index is 11.0. The number of aliphatic hydroxyl groups is 1. The minimum Gasteiger partial charge on any atom is -0.383 e. The van der Waals surface area contributed by atoms with Gasteiger partial charge in [0.2, 0.25) is 0 Å². The van der Waals surface area contributed by atoms with Crippen molar-refractivity contribution in [2.45, 2.75) is 25.9 Å². The SMILES string of the molecule is CCCN1CCC(O)C1=O. The highest BCUT2D eigenvalue weighted by Gasteiger charge is 2.28.